The number of para-hydroxylation sites is 1. The van der Waals surface area contributed by atoms with Gasteiger partial charge in [0, 0.05) is 5.69 Å². The Balaban J connectivity index is 2.40. The molecule has 0 aromatic heterocycles. The highest BCUT2D eigenvalue weighted by molar-refractivity contribution is 5.93. The van der Waals surface area contributed by atoms with E-state index in [2.05, 4.69) is 15.7 Å². The van der Waals surface area contributed by atoms with Gasteiger partial charge < -0.3 is 10.1 Å². The molecule has 17 heavy (non-hydrogen) atoms. The molecule has 1 rings (SSSR count). The summed E-state index contributed by atoms with van der Waals surface area (Å²) in [5, 5.41) is 3.08. The molecule has 1 aromatic carbocycles. The first-order valence-corrected chi connectivity index (χ1v) is 5.67. The third kappa shape index (κ3) is 5.89. The molecule has 0 unspecified atom stereocenters. The number of ether oxygens (including phenoxy) is 1. The number of guanidine groups is 1. The van der Waals surface area contributed by atoms with Gasteiger partial charge in [0.25, 0.3) is 0 Å². The topological polar surface area (TPSA) is 71.7 Å². The lowest BCUT2D eigenvalue weighted by molar-refractivity contribution is 0.0853. The van der Waals surface area contributed by atoms with Crippen LogP contribution in [0.5, 0.6) is 0 Å². The number of hydrazine groups is 1. The molecule has 4 N–H and O–H groups in total. The number of nitrogens with zero attached hydrogens (tertiary/aromatic N) is 1. The minimum atomic E-state index is 0.224. The number of rotatable bonds is 5. The van der Waals surface area contributed by atoms with Crippen molar-refractivity contribution < 1.29 is 4.74 Å². The van der Waals surface area contributed by atoms with Gasteiger partial charge in [0.1, 0.15) is 0 Å². The van der Waals surface area contributed by atoms with E-state index in [1.54, 1.807) is 0 Å². The van der Waals surface area contributed by atoms with Gasteiger partial charge in [-0.3, -0.25) is 5.43 Å². The monoisotopic (exact) mass is 236 g/mol. The van der Waals surface area contributed by atoms with Gasteiger partial charge in [0.2, 0.25) is 5.96 Å². The van der Waals surface area contributed by atoms with Crippen molar-refractivity contribution in [3.63, 3.8) is 0 Å². The van der Waals surface area contributed by atoms with Crippen molar-refractivity contribution in [2.75, 3.05) is 18.5 Å². The van der Waals surface area contributed by atoms with Gasteiger partial charge in [-0.2, -0.15) is 0 Å². The molecule has 5 heteroatoms. The molecular weight excluding hydrogens is 216 g/mol. The second-order valence-corrected chi connectivity index (χ2v) is 3.79. The zero-order valence-electron chi connectivity index (χ0n) is 10.3. The Kier molecular flexibility index (Phi) is 6.06. The maximum Gasteiger partial charge on any atom is 0.210 e. The van der Waals surface area contributed by atoms with Crippen LogP contribution in [0.15, 0.2) is 35.3 Å². The van der Waals surface area contributed by atoms with Gasteiger partial charge in [-0.05, 0) is 26.0 Å². The van der Waals surface area contributed by atoms with Crippen LogP contribution < -0.4 is 16.6 Å². The van der Waals surface area contributed by atoms with E-state index in [1.807, 2.05) is 44.2 Å². The molecule has 0 fully saturated rings. The first-order valence-electron chi connectivity index (χ1n) is 5.67. The van der Waals surface area contributed by atoms with E-state index >= 15 is 0 Å². The normalized spacial score (nSPS) is 11.6. The van der Waals surface area contributed by atoms with Crippen LogP contribution in [-0.4, -0.2) is 25.2 Å². The van der Waals surface area contributed by atoms with Gasteiger partial charge in [-0.25, -0.2) is 10.8 Å². The van der Waals surface area contributed by atoms with Crippen molar-refractivity contribution in [1.82, 2.24) is 5.43 Å². The first-order chi connectivity index (χ1) is 8.22. The summed E-state index contributed by atoms with van der Waals surface area (Å²) in [5.74, 6) is 5.91. The SMILES string of the molecule is CC(C)OCCN=C(NN)Nc1ccccc1. The molecule has 0 aliphatic heterocycles. The summed E-state index contributed by atoms with van der Waals surface area (Å²) in [6.07, 6.45) is 0.224. The lowest BCUT2D eigenvalue weighted by Crippen LogP contribution is -2.36. The number of nitrogens with one attached hydrogen (secondary N) is 2. The Bertz CT molecular complexity index is 338. The maximum absolute atomic E-state index is 5.38. The smallest absolute Gasteiger partial charge is 0.210 e. The number of hydrogen-bond acceptors (Lipinski definition) is 3. The van der Waals surface area contributed by atoms with E-state index < -0.39 is 0 Å². The van der Waals surface area contributed by atoms with Crippen LogP contribution in [0.1, 0.15) is 13.8 Å². The zero-order valence-corrected chi connectivity index (χ0v) is 10.3. The summed E-state index contributed by atoms with van der Waals surface area (Å²) >= 11 is 0. The van der Waals surface area contributed by atoms with E-state index in [9.17, 15) is 0 Å². The molecule has 0 saturated heterocycles. The molecule has 0 saturated carbocycles. The fourth-order valence-electron chi connectivity index (χ4n) is 1.23. The molecule has 0 spiro atoms. The van der Waals surface area contributed by atoms with Gasteiger partial charge in [-0.1, -0.05) is 18.2 Å². The Hall–Kier alpha value is -1.59. The molecule has 0 aliphatic carbocycles. The predicted molar refractivity (Wildman–Crippen MR) is 70.8 cm³/mol. The molecule has 1 aromatic rings. The van der Waals surface area contributed by atoms with Gasteiger partial charge in [0.15, 0.2) is 0 Å². The van der Waals surface area contributed by atoms with Gasteiger partial charge in [-0.15, -0.1) is 0 Å². The number of hydrogen-bond donors (Lipinski definition) is 3. The lowest BCUT2D eigenvalue weighted by atomic mass is 10.3. The average molecular weight is 236 g/mol. The fraction of sp³-hybridized carbons (Fsp3) is 0.417. The Labute approximate surface area is 102 Å². The van der Waals surface area contributed by atoms with Crippen LogP contribution in [0.25, 0.3) is 0 Å². The van der Waals surface area contributed by atoms with Crippen LogP contribution in [-0.2, 0) is 4.74 Å². The van der Waals surface area contributed by atoms with E-state index in [0.29, 0.717) is 19.1 Å². The molecule has 0 amide bonds. The quantitative estimate of drug-likeness (QED) is 0.237. The predicted octanol–water partition coefficient (Wildman–Crippen LogP) is 1.34. The highest BCUT2D eigenvalue weighted by atomic mass is 16.5. The lowest BCUT2D eigenvalue weighted by Gasteiger charge is -2.09. The first kappa shape index (κ1) is 13.5. The number of aliphatic imine (C=N–C) groups is 1. The minimum Gasteiger partial charge on any atom is -0.377 e. The van der Waals surface area contributed by atoms with Crippen molar-refractivity contribution in [2.24, 2.45) is 10.8 Å². The fourth-order valence-corrected chi connectivity index (χ4v) is 1.23. The molecule has 0 bridgehead atoms. The standard InChI is InChI=1S/C12H20N4O/c1-10(2)17-9-8-14-12(16-13)15-11-6-4-3-5-7-11/h3-7,10H,8-9,13H2,1-2H3,(H2,14,15,16). The molecule has 0 radical (unpaired) electrons. The van der Waals surface area contributed by atoms with Crippen molar-refractivity contribution >= 4 is 11.6 Å². The second kappa shape index (κ2) is 7.65. The van der Waals surface area contributed by atoms with Crippen molar-refractivity contribution in [1.29, 1.82) is 0 Å². The summed E-state index contributed by atoms with van der Waals surface area (Å²) in [7, 11) is 0. The minimum absolute atomic E-state index is 0.224. The summed E-state index contributed by atoms with van der Waals surface area (Å²) < 4.78 is 5.38. The van der Waals surface area contributed by atoms with Crippen LogP contribution in [0, 0.1) is 0 Å². The summed E-state index contributed by atoms with van der Waals surface area (Å²) in [5.41, 5.74) is 3.46. The molecular formula is C12H20N4O. The molecule has 0 aliphatic rings. The maximum atomic E-state index is 5.38. The number of anilines is 1. The number of nitrogens with two attached hydrogens (primary N) is 1. The highest BCUT2D eigenvalue weighted by Gasteiger charge is 1.97. The van der Waals surface area contributed by atoms with E-state index in [0.717, 1.165) is 5.69 Å². The Morgan fingerprint density at radius 1 is 1.35 bits per heavy atom. The third-order valence-electron chi connectivity index (χ3n) is 1.99. The van der Waals surface area contributed by atoms with Crippen molar-refractivity contribution in [3.05, 3.63) is 30.3 Å². The van der Waals surface area contributed by atoms with Crippen LogP contribution in [0.4, 0.5) is 5.69 Å². The summed E-state index contributed by atoms with van der Waals surface area (Å²) in [6.45, 7) is 5.14. The Morgan fingerprint density at radius 2 is 2.06 bits per heavy atom. The molecule has 0 heterocycles. The average Bonchev–Trinajstić information content (AvgIpc) is 2.34. The molecule has 0 atom stereocenters. The largest absolute Gasteiger partial charge is 0.377 e. The van der Waals surface area contributed by atoms with Gasteiger partial charge in [0.05, 0.1) is 19.3 Å². The second-order valence-electron chi connectivity index (χ2n) is 3.79. The summed E-state index contributed by atoms with van der Waals surface area (Å²) in [6, 6.07) is 9.72. The van der Waals surface area contributed by atoms with E-state index in [1.165, 1.54) is 0 Å². The third-order valence-corrected chi connectivity index (χ3v) is 1.99. The Morgan fingerprint density at radius 3 is 2.65 bits per heavy atom. The van der Waals surface area contributed by atoms with Crippen molar-refractivity contribution in [2.45, 2.75) is 20.0 Å². The summed E-state index contributed by atoms with van der Waals surface area (Å²) in [4.78, 5) is 4.25. The molecule has 5 nitrogen and oxygen atoms in total. The molecule has 94 valence electrons. The van der Waals surface area contributed by atoms with Crippen LogP contribution >= 0.6 is 0 Å². The van der Waals surface area contributed by atoms with E-state index in [4.69, 9.17) is 10.6 Å². The zero-order chi connectivity index (χ0) is 12.5. The van der Waals surface area contributed by atoms with E-state index in [-0.39, 0.29) is 6.10 Å². The van der Waals surface area contributed by atoms with Crippen LogP contribution in [0.3, 0.4) is 0 Å². The van der Waals surface area contributed by atoms with Gasteiger partial charge >= 0.3 is 0 Å². The number of benzene rings is 1. The highest BCUT2D eigenvalue weighted by Crippen LogP contribution is 2.03. The van der Waals surface area contributed by atoms with Crippen molar-refractivity contribution in [3.8, 4) is 0 Å². The van der Waals surface area contributed by atoms with Crippen LogP contribution in [0.2, 0.25) is 0 Å².